The van der Waals surface area contributed by atoms with Crippen LogP contribution in [0.1, 0.15) is 40.0 Å². The third-order valence-electron chi connectivity index (χ3n) is 3.47. The standard InChI is InChI=1S/C13H28N2O/c1-13(2,3)16-9-8-15(4)12-7-5-6-11(12)10-14/h11-12H,5-10,14H2,1-4H3. The lowest BCUT2D eigenvalue weighted by Crippen LogP contribution is -2.40. The van der Waals surface area contributed by atoms with Crippen LogP contribution in [0.15, 0.2) is 0 Å². The fraction of sp³-hybridized carbons (Fsp3) is 1.00. The number of hydrogen-bond acceptors (Lipinski definition) is 3. The van der Waals surface area contributed by atoms with Gasteiger partial charge in [0.1, 0.15) is 0 Å². The molecule has 0 aromatic carbocycles. The van der Waals surface area contributed by atoms with Gasteiger partial charge in [0.15, 0.2) is 0 Å². The number of nitrogens with zero attached hydrogens (tertiary/aromatic N) is 1. The Morgan fingerprint density at radius 1 is 1.31 bits per heavy atom. The molecule has 0 amide bonds. The van der Waals surface area contributed by atoms with E-state index in [1.807, 2.05) is 0 Å². The van der Waals surface area contributed by atoms with Crippen molar-refractivity contribution in [1.29, 1.82) is 0 Å². The van der Waals surface area contributed by atoms with Gasteiger partial charge in [0, 0.05) is 12.6 Å². The van der Waals surface area contributed by atoms with E-state index in [4.69, 9.17) is 10.5 Å². The molecular formula is C13H28N2O. The summed E-state index contributed by atoms with van der Waals surface area (Å²) in [6.45, 7) is 8.96. The van der Waals surface area contributed by atoms with Crippen molar-refractivity contribution in [3.63, 3.8) is 0 Å². The predicted molar refractivity (Wildman–Crippen MR) is 68.5 cm³/mol. The van der Waals surface area contributed by atoms with Crippen molar-refractivity contribution in [1.82, 2.24) is 4.90 Å². The second-order valence-electron chi connectivity index (χ2n) is 5.94. The summed E-state index contributed by atoms with van der Waals surface area (Å²) in [5.74, 6) is 0.694. The molecule has 2 unspecified atom stereocenters. The monoisotopic (exact) mass is 228 g/mol. The van der Waals surface area contributed by atoms with Crippen LogP contribution in [-0.2, 0) is 4.74 Å². The van der Waals surface area contributed by atoms with Gasteiger partial charge in [-0.05, 0) is 53.1 Å². The SMILES string of the molecule is CN(CCOC(C)(C)C)C1CCCC1CN. The van der Waals surface area contributed by atoms with Crippen molar-refractivity contribution in [2.24, 2.45) is 11.7 Å². The van der Waals surface area contributed by atoms with Gasteiger partial charge < -0.3 is 15.4 Å². The second-order valence-corrected chi connectivity index (χ2v) is 5.94. The maximum Gasteiger partial charge on any atom is 0.0600 e. The van der Waals surface area contributed by atoms with E-state index in [9.17, 15) is 0 Å². The summed E-state index contributed by atoms with van der Waals surface area (Å²) in [5, 5.41) is 0. The van der Waals surface area contributed by atoms with Gasteiger partial charge in [0.2, 0.25) is 0 Å². The van der Waals surface area contributed by atoms with E-state index >= 15 is 0 Å². The Hall–Kier alpha value is -0.120. The third kappa shape index (κ3) is 4.40. The van der Waals surface area contributed by atoms with E-state index in [2.05, 4.69) is 32.7 Å². The summed E-state index contributed by atoms with van der Waals surface area (Å²) in [5.41, 5.74) is 5.78. The Kier molecular flexibility index (Phi) is 5.22. The van der Waals surface area contributed by atoms with Gasteiger partial charge in [-0.25, -0.2) is 0 Å². The van der Waals surface area contributed by atoms with Gasteiger partial charge in [0.05, 0.1) is 12.2 Å². The number of likely N-dealkylation sites (N-methyl/N-ethyl adjacent to an activating group) is 1. The highest BCUT2D eigenvalue weighted by molar-refractivity contribution is 4.84. The molecule has 1 rings (SSSR count). The fourth-order valence-electron chi connectivity index (χ4n) is 2.53. The minimum atomic E-state index is -0.0240. The average molecular weight is 228 g/mol. The van der Waals surface area contributed by atoms with Gasteiger partial charge in [-0.15, -0.1) is 0 Å². The molecule has 0 spiro atoms. The van der Waals surface area contributed by atoms with Crippen molar-refractivity contribution in [2.75, 3.05) is 26.7 Å². The number of rotatable bonds is 5. The molecule has 96 valence electrons. The van der Waals surface area contributed by atoms with Crippen molar-refractivity contribution >= 4 is 0 Å². The molecule has 0 aromatic heterocycles. The molecule has 2 N–H and O–H groups in total. The third-order valence-corrected chi connectivity index (χ3v) is 3.47. The zero-order valence-corrected chi connectivity index (χ0v) is 11.3. The summed E-state index contributed by atoms with van der Waals surface area (Å²) in [6.07, 6.45) is 3.93. The van der Waals surface area contributed by atoms with Crippen LogP contribution in [0.25, 0.3) is 0 Å². The van der Waals surface area contributed by atoms with E-state index in [0.717, 1.165) is 19.7 Å². The van der Waals surface area contributed by atoms with E-state index < -0.39 is 0 Å². The highest BCUT2D eigenvalue weighted by atomic mass is 16.5. The van der Waals surface area contributed by atoms with Crippen LogP contribution < -0.4 is 5.73 Å². The highest BCUT2D eigenvalue weighted by Crippen LogP contribution is 2.28. The minimum Gasteiger partial charge on any atom is -0.375 e. The van der Waals surface area contributed by atoms with Gasteiger partial charge in [0.25, 0.3) is 0 Å². The first-order valence-corrected chi connectivity index (χ1v) is 6.48. The normalized spacial score (nSPS) is 26.6. The van der Waals surface area contributed by atoms with Crippen molar-refractivity contribution in [3.05, 3.63) is 0 Å². The largest absolute Gasteiger partial charge is 0.375 e. The van der Waals surface area contributed by atoms with Crippen LogP contribution in [0.4, 0.5) is 0 Å². The molecule has 0 bridgehead atoms. The van der Waals surface area contributed by atoms with Crippen molar-refractivity contribution < 1.29 is 4.74 Å². The van der Waals surface area contributed by atoms with Gasteiger partial charge in [-0.2, -0.15) is 0 Å². The smallest absolute Gasteiger partial charge is 0.0600 e. The minimum absolute atomic E-state index is 0.0240. The molecule has 1 aliphatic rings. The first kappa shape index (κ1) is 13.9. The molecule has 1 fully saturated rings. The van der Waals surface area contributed by atoms with Gasteiger partial charge >= 0.3 is 0 Å². The Balaban J connectivity index is 2.26. The average Bonchev–Trinajstić information content (AvgIpc) is 2.63. The van der Waals surface area contributed by atoms with E-state index in [-0.39, 0.29) is 5.60 Å². The first-order chi connectivity index (χ1) is 7.44. The predicted octanol–water partition coefficient (Wildman–Crippen LogP) is 1.86. The topological polar surface area (TPSA) is 38.5 Å². The fourth-order valence-corrected chi connectivity index (χ4v) is 2.53. The Labute approximate surface area is 100 Å². The van der Waals surface area contributed by atoms with E-state index in [1.165, 1.54) is 19.3 Å². The molecule has 0 aliphatic heterocycles. The molecule has 0 heterocycles. The maximum absolute atomic E-state index is 5.80. The Morgan fingerprint density at radius 2 is 2.00 bits per heavy atom. The Morgan fingerprint density at radius 3 is 2.56 bits per heavy atom. The molecule has 3 heteroatoms. The molecule has 2 atom stereocenters. The highest BCUT2D eigenvalue weighted by Gasteiger charge is 2.29. The second kappa shape index (κ2) is 5.99. The van der Waals surface area contributed by atoms with Crippen molar-refractivity contribution in [2.45, 2.75) is 51.7 Å². The van der Waals surface area contributed by atoms with Crippen molar-refractivity contribution in [3.8, 4) is 0 Å². The van der Waals surface area contributed by atoms with Crippen LogP contribution in [0.5, 0.6) is 0 Å². The lowest BCUT2D eigenvalue weighted by Gasteiger charge is -2.30. The summed E-state index contributed by atoms with van der Waals surface area (Å²) in [4.78, 5) is 2.43. The summed E-state index contributed by atoms with van der Waals surface area (Å²) >= 11 is 0. The maximum atomic E-state index is 5.80. The quantitative estimate of drug-likeness (QED) is 0.780. The van der Waals surface area contributed by atoms with E-state index in [1.54, 1.807) is 0 Å². The van der Waals surface area contributed by atoms with E-state index in [0.29, 0.717) is 12.0 Å². The van der Waals surface area contributed by atoms with Crippen LogP contribution in [0.3, 0.4) is 0 Å². The summed E-state index contributed by atoms with van der Waals surface area (Å²) in [6, 6.07) is 0.675. The molecule has 0 radical (unpaired) electrons. The van der Waals surface area contributed by atoms with Crippen LogP contribution in [0.2, 0.25) is 0 Å². The molecule has 1 aliphatic carbocycles. The van der Waals surface area contributed by atoms with Crippen LogP contribution in [-0.4, -0.2) is 43.3 Å². The molecule has 0 saturated heterocycles. The summed E-state index contributed by atoms with van der Waals surface area (Å²) < 4.78 is 5.76. The molecule has 3 nitrogen and oxygen atoms in total. The number of nitrogens with two attached hydrogens (primary N) is 1. The van der Waals surface area contributed by atoms with Crippen LogP contribution in [0, 0.1) is 5.92 Å². The molecular weight excluding hydrogens is 200 g/mol. The van der Waals surface area contributed by atoms with Gasteiger partial charge in [-0.3, -0.25) is 0 Å². The Bertz CT molecular complexity index is 201. The zero-order valence-electron chi connectivity index (χ0n) is 11.3. The lowest BCUT2D eigenvalue weighted by atomic mass is 10.0. The molecule has 1 saturated carbocycles. The lowest BCUT2D eigenvalue weighted by molar-refractivity contribution is -0.0159. The zero-order chi connectivity index (χ0) is 12.2. The summed E-state index contributed by atoms with van der Waals surface area (Å²) in [7, 11) is 2.20. The molecule has 16 heavy (non-hydrogen) atoms. The van der Waals surface area contributed by atoms with Crippen LogP contribution >= 0.6 is 0 Å². The number of ether oxygens (including phenoxy) is 1. The molecule has 0 aromatic rings. The number of hydrogen-bond donors (Lipinski definition) is 1. The van der Waals surface area contributed by atoms with Gasteiger partial charge in [-0.1, -0.05) is 6.42 Å². The first-order valence-electron chi connectivity index (χ1n) is 6.48.